The molecule has 0 aromatic carbocycles. The van der Waals surface area contributed by atoms with E-state index in [9.17, 15) is 0 Å². The first-order chi connectivity index (χ1) is 3.46. The van der Waals surface area contributed by atoms with E-state index in [0.29, 0.717) is 0 Å². The van der Waals surface area contributed by atoms with Crippen molar-refractivity contribution in [1.29, 1.82) is 0 Å². The van der Waals surface area contributed by atoms with E-state index in [2.05, 4.69) is 0 Å². The Morgan fingerprint density at radius 1 is 0.700 bits per heavy atom. The summed E-state index contributed by atoms with van der Waals surface area (Å²) in [5, 5.41) is 29.5. The molecule has 0 rings (SSSR count). The molecule has 0 N–H and O–H groups in total. The maximum atomic E-state index is 8.25. The second-order valence-electron chi connectivity index (χ2n) is 0.447. The van der Waals surface area contributed by atoms with Crippen LogP contribution < -0.4 is 0 Å². The van der Waals surface area contributed by atoms with Gasteiger partial charge in [-0.2, -0.15) is 0 Å². The van der Waals surface area contributed by atoms with Gasteiger partial charge in [-0.3, -0.25) is 0 Å². The Morgan fingerprint density at radius 3 is 0.700 bits per heavy atom. The average Bonchev–Trinajstić information content (AvgIpc) is 1.25. The van der Waals surface area contributed by atoms with Gasteiger partial charge in [0.25, 0.3) is 0 Å². The Morgan fingerprint density at radius 2 is 0.700 bits per heavy atom. The molecule has 10 heteroatoms. The van der Waals surface area contributed by atoms with Crippen molar-refractivity contribution in [2.24, 2.45) is 0 Å². The van der Waals surface area contributed by atoms with Gasteiger partial charge in [-0.1, -0.05) is 0 Å². The third-order valence-electron chi connectivity index (χ3n) is 0. The van der Waals surface area contributed by atoms with Crippen molar-refractivity contribution >= 4 is 0 Å². The molecule has 0 aromatic heterocycles. The topological polar surface area (TPSA) is 132 Å². The maximum absolute atomic E-state index is 8.25. The minimum absolute atomic E-state index is 0. The van der Waals surface area contributed by atoms with E-state index in [1.165, 1.54) is 0 Å². The molecule has 0 atom stereocenters. The molecule has 0 saturated heterocycles. The predicted octanol–water partition coefficient (Wildman–Crippen LogP) is -0.483. The van der Waals surface area contributed by atoms with Crippen LogP contribution in [0.15, 0.2) is 0 Å². The number of hydrogen-bond acceptors (Lipinski definition) is 6. The Balaban J connectivity index is -0.0000000300. The van der Waals surface area contributed by atoms with Gasteiger partial charge in [0.1, 0.15) is 0 Å². The van der Waals surface area contributed by atoms with Gasteiger partial charge in [0, 0.05) is 0 Å². The zero-order chi connectivity index (χ0) is 7.15. The van der Waals surface area contributed by atoms with Crippen LogP contribution in [0.1, 0.15) is 0 Å². The van der Waals surface area contributed by atoms with Gasteiger partial charge in [-0.05, 0) is 0 Å². The third-order valence-corrected chi connectivity index (χ3v) is 0. The molecule has 0 bridgehead atoms. The van der Waals surface area contributed by atoms with E-state index in [0.717, 1.165) is 0 Å². The standard InChI is InChI=1S/2Fe.2NO3/c;;2*2-1(3)4/q2*+2;2*-1. The van der Waals surface area contributed by atoms with E-state index in [1.54, 1.807) is 0 Å². The molecule has 8 nitrogen and oxygen atoms in total. The second-order valence-corrected chi connectivity index (χ2v) is 0.447. The van der Waals surface area contributed by atoms with Crippen LogP contribution in [0.3, 0.4) is 0 Å². The van der Waals surface area contributed by atoms with Crippen molar-refractivity contribution in [3.8, 4) is 0 Å². The van der Waals surface area contributed by atoms with Crippen molar-refractivity contribution in [3.63, 3.8) is 0 Å². The Hall–Kier alpha value is -0.561. The van der Waals surface area contributed by atoms with Crippen LogP contribution in [-0.2, 0) is 34.1 Å². The molecule has 0 saturated carbocycles. The number of rotatable bonds is 0. The molecule has 10 heavy (non-hydrogen) atoms. The number of nitrogens with zero attached hydrogens (tertiary/aromatic N) is 2. The Bertz CT molecular complexity index is 71.7. The van der Waals surface area contributed by atoms with Crippen LogP contribution in [0.5, 0.6) is 0 Å². The number of hydrogen-bond donors (Lipinski definition) is 0. The molecule has 0 aliphatic heterocycles. The monoisotopic (exact) mass is 236 g/mol. The van der Waals surface area contributed by atoms with Gasteiger partial charge in [-0.15, -0.1) is 0 Å². The SMILES string of the molecule is O=[N+]([O-])[O-].O=[N+]([O-])[O-].[Fe+2].[Fe+2]. The van der Waals surface area contributed by atoms with Crippen LogP contribution in [0, 0.1) is 30.6 Å². The van der Waals surface area contributed by atoms with Gasteiger partial charge < -0.3 is 30.6 Å². The summed E-state index contributed by atoms with van der Waals surface area (Å²) in [6.45, 7) is 0. The fourth-order valence-corrected chi connectivity index (χ4v) is 0. The molecular formula is Fe2N2O6+2. The molecule has 0 heterocycles. The van der Waals surface area contributed by atoms with Gasteiger partial charge in [0.2, 0.25) is 0 Å². The van der Waals surface area contributed by atoms with Crippen LogP contribution in [-0.4, -0.2) is 10.2 Å². The van der Waals surface area contributed by atoms with Crippen LogP contribution >= 0.6 is 0 Å². The summed E-state index contributed by atoms with van der Waals surface area (Å²) in [4.78, 5) is 16.5. The van der Waals surface area contributed by atoms with E-state index < -0.39 is 10.2 Å². The molecule has 0 spiro atoms. The summed E-state index contributed by atoms with van der Waals surface area (Å²) in [6.07, 6.45) is 0. The van der Waals surface area contributed by atoms with Crippen molar-refractivity contribution < 1.29 is 44.3 Å². The van der Waals surface area contributed by atoms with Crippen molar-refractivity contribution in [2.75, 3.05) is 0 Å². The summed E-state index contributed by atoms with van der Waals surface area (Å²) < 4.78 is 0. The van der Waals surface area contributed by atoms with E-state index in [1.807, 2.05) is 0 Å². The molecule has 60 valence electrons. The second kappa shape index (κ2) is 15.8. The molecule has 0 unspecified atom stereocenters. The smallest absolute Gasteiger partial charge is 0.356 e. The first-order valence-electron chi connectivity index (χ1n) is 1.10. The van der Waals surface area contributed by atoms with E-state index in [-0.39, 0.29) is 34.1 Å². The zero-order valence-electron chi connectivity index (χ0n) is 4.05. The predicted molar refractivity (Wildman–Crippen MR) is 20.7 cm³/mol. The van der Waals surface area contributed by atoms with E-state index >= 15 is 0 Å². The average molecular weight is 236 g/mol. The molecule has 0 amide bonds. The molecular weight excluding hydrogens is 236 g/mol. The zero-order valence-corrected chi connectivity index (χ0v) is 6.26. The first kappa shape index (κ1) is 22.7. The van der Waals surface area contributed by atoms with Crippen molar-refractivity contribution in [1.82, 2.24) is 0 Å². The van der Waals surface area contributed by atoms with Crippen molar-refractivity contribution in [3.05, 3.63) is 30.6 Å². The Labute approximate surface area is 75.4 Å². The first-order valence-corrected chi connectivity index (χ1v) is 1.10. The third kappa shape index (κ3) is 980. The maximum Gasteiger partial charge on any atom is 2.00 e. The summed E-state index contributed by atoms with van der Waals surface area (Å²) in [5.74, 6) is 0. The van der Waals surface area contributed by atoms with Gasteiger partial charge in [0.05, 0.1) is 10.2 Å². The molecule has 0 radical (unpaired) electrons. The summed E-state index contributed by atoms with van der Waals surface area (Å²) in [6, 6.07) is 0. The van der Waals surface area contributed by atoms with Crippen LogP contribution in [0.25, 0.3) is 0 Å². The van der Waals surface area contributed by atoms with Gasteiger partial charge >= 0.3 is 34.1 Å². The van der Waals surface area contributed by atoms with E-state index in [4.69, 9.17) is 30.6 Å². The molecule has 0 aliphatic rings. The fraction of sp³-hybridized carbons (Fsp3) is 0. The van der Waals surface area contributed by atoms with Crippen LogP contribution in [0.4, 0.5) is 0 Å². The summed E-state index contributed by atoms with van der Waals surface area (Å²) >= 11 is 0. The minimum atomic E-state index is -1.75. The normalized spacial score (nSPS) is 4.80. The largest absolute Gasteiger partial charge is 2.00 e. The summed E-state index contributed by atoms with van der Waals surface area (Å²) in [5.41, 5.74) is 0. The van der Waals surface area contributed by atoms with Gasteiger partial charge in [0.15, 0.2) is 0 Å². The summed E-state index contributed by atoms with van der Waals surface area (Å²) in [7, 11) is 0. The molecule has 0 aromatic rings. The van der Waals surface area contributed by atoms with Gasteiger partial charge in [-0.25, -0.2) is 0 Å². The molecule has 0 fully saturated rings. The molecule has 0 aliphatic carbocycles. The fourth-order valence-electron chi connectivity index (χ4n) is 0. The minimum Gasteiger partial charge on any atom is -0.356 e. The Kier molecular flexibility index (Phi) is 35.9. The quantitative estimate of drug-likeness (QED) is 0.316. The van der Waals surface area contributed by atoms with Crippen LogP contribution in [0.2, 0.25) is 0 Å². The van der Waals surface area contributed by atoms with Crippen molar-refractivity contribution in [2.45, 2.75) is 0 Å².